The number of aliphatic hydroxyl groups is 1. The summed E-state index contributed by atoms with van der Waals surface area (Å²) in [5, 5.41) is 13.0. The lowest BCUT2D eigenvalue weighted by molar-refractivity contribution is -0.137. The summed E-state index contributed by atoms with van der Waals surface area (Å²) in [5.74, 6) is 0. The molecule has 1 heterocycles. The SMILES string of the molecule is CC[C@@H]1N(c2ccc(Cl)cc2)C(=O)N(c2ccc(Cl)cc2)C1(O)c1cccc(C(F)(F)F)c1. The van der Waals surface area contributed by atoms with Crippen LogP contribution in [0.3, 0.4) is 0 Å². The second kappa shape index (κ2) is 8.56. The van der Waals surface area contributed by atoms with Crippen molar-refractivity contribution >= 4 is 40.6 Å². The fourth-order valence-electron chi connectivity index (χ4n) is 4.22. The van der Waals surface area contributed by atoms with E-state index in [0.29, 0.717) is 21.4 Å². The van der Waals surface area contributed by atoms with Crippen molar-refractivity contribution in [1.82, 2.24) is 0 Å². The van der Waals surface area contributed by atoms with Crippen LogP contribution in [0.2, 0.25) is 10.0 Å². The quantitative estimate of drug-likeness (QED) is 0.420. The summed E-state index contributed by atoms with van der Waals surface area (Å²) in [6.07, 6.45) is -4.36. The van der Waals surface area contributed by atoms with Gasteiger partial charge in [0.05, 0.1) is 11.6 Å². The van der Waals surface area contributed by atoms with Gasteiger partial charge in [-0.05, 0) is 67.1 Å². The van der Waals surface area contributed by atoms with Crippen molar-refractivity contribution in [2.45, 2.75) is 31.3 Å². The Morgan fingerprint density at radius 2 is 1.48 bits per heavy atom. The van der Waals surface area contributed by atoms with Gasteiger partial charge in [0.25, 0.3) is 0 Å². The van der Waals surface area contributed by atoms with E-state index in [4.69, 9.17) is 23.2 Å². The molecule has 1 aliphatic heterocycles. The van der Waals surface area contributed by atoms with Crippen molar-refractivity contribution in [3.05, 3.63) is 94.0 Å². The van der Waals surface area contributed by atoms with Gasteiger partial charge in [0.1, 0.15) is 0 Å². The van der Waals surface area contributed by atoms with E-state index in [2.05, 4.69) is 0 Å². The van der Waals surface area contributed by atoms with E-state index in [-0.39, 0.29) is 12.0 Å². The molecule has 1 aliphatic rings. The third kappa shape index (κ3) is 4.05. The van der Waals surface area contributed by atoms with E-state index in [1.807, 2.05) is 0 Å². The molecule has 1 unspecified atom stereocenters. The number of nitrogens with zero attached hydrogens (tertiary/aromatic N) is 2. The molecule has 3 aromatic rings. The summed E-state index contributed by atoms with van der Waals surface area (Å²) in [7, 11) is 0. The number of rotatable bonds is 4. The maximum absolute atomic E-state index is 13.7. The molecular weight excluding hydrogens is 476 g/mol. The zero-order valence-electron chi connectivity index (χ0n) is 17.4. The lowest BCUT2D eigenvalue weighted by Crippen LogP contribution is -2.49. The van der Waals surface area contributed by atoms with Gasteiger partial charge < -0.3 is 5.11 Å². The standard InChI is InChI=1S/C24H19Cl2F3N2O2/c1-2-21-23(33,15-4-3-5-16(14-15)24(27,28)29)31(20-12-8-18(26)9-13-20)22(32)30(21)19-10-6-17(25)7-11-19/h3-14,21,33H,2H2,1H3/t21-,23?/m0/s1. The first-order valence-corrected chi connectivity index (χ1v) is 10.9. The topological polar surface area (TPSA) is 43.8 Å². The van der Waals surface area contributed by atoms with Crippen LogP contribution in [0.5, 0.6) is 0 Å². The monoisotopic (exact) mass is 494 g/mol. The summed E-state index contributed by atoms with van der Waals surface area (Å²) >= 11 is 12.0. The molecule has 0 spiro atoms. The first kappa shape index (κ1) is 23.4. The Bertz CT molecular complexity index is 1170. The van der Waals surface area contributed by atoms with Gasteiger partial charge in [-0.3, -0.25) is 9.80 Å². The predicted molar refractivity (Wildman–Crippen MR) is 123 cm³/mol. The van der Waals surface area contributed by atoms with Crippen LogP contribution in [0.25, 0.3) is 0 Å². The van der Waals surface area contributed by atoms with Crippen molar-refractivity contribution in [3.63, 3.8) is 0 Å². The number of hydrogen-bond acceptors (Lipinski definition) is 2. The second-order valence-electron chi connectivity index (χ2n) is 7.67. The number of alkyl halides is 3. The molecule has 9 heteroatoms. The van der Waals surface area contributed by atoms with Crippen molar-refractivity contribution in [1.29, 1.82) is 0 Å². The van der Waals surface area contributed by atoms with Gasteiger partial charge in [0, 0.05) is 27.0 Å². The van der Waals surface area contributed by atoms with Crippen LogP contribution in [-0.2, 0) is 11.9 Å². The van der Waals surface area contributed by atoms with Crippen LogP contribution < -0.4 is 9.80 Å². The first-order valence-electron chi connectivity index (χ1n) is 10.1. The summed E-state index contributed by atoms with van der Waals surface area (Å²) < 4.78 is 40.4. The number of urea groups is 1. The highest BCUT2D eigenvalue weighted by Gasteiger charge is 2.58. The van der Waals surface area contributed by atoms with E-state index in [9.17, 15) is 23.1 Å². The van der Waals surface area contributed by atoms with Crippen molar-refractivity contribution in [2.24, 2.45) is 0 Å². The lowest BCUT2D eigenvalue weighted by Gasteiger charge is -2.37. The highest BCUT2D eigenvalue weighted by Crippen LogP contribution is 2.46. The van der Waals surface area contributed by atoms with Gasteiger partial charge in [0.15, 0.2) is 5.72 Å². The number of carbonyl (C=O) groups excluding carboxylic acids is 1. The molecule has 0 radical (unpaired) electrons. The Hall–Kier alpha value is -2.74. The summed E-state index contributed by atoms with van der Waals surface area (Å²) in [6, 6.07) is 15.5. The number of halogens is 5. The van der Waals surface area contributed by atoms with Crippen LogP contribution >= 0.6 is 23.2 Å². The summed E-state index contributed by atoms with van der Waals surface area (Å²) in [4.78, 5) is 16.2. The average Bonchev–Trinajstić information content (AvgIpc) is 3.01. The Morgan fingerprint density at radius 1 is 0.939 bits per heavy atom. The Labute approximate surface area is 198 Å². The fourth-order valence-corrected chi connectivity index (χ4v) is 4.47. The summed E-state index contributed by atoms with van der Waals surface area (Å²) in [6.45, 7) is 1.75. The Kier molecular flexibility index (Phi) is 6.07. The van der Waals surface area contributed by atoms with Crippen LogP contribution in [0.15, 0.2) is 72.8 Å². The van der Waals surface area contributed by atoms with E-state index >= 15 is 0 Å². The number of amides is 2. The number of carbonyl (C=O) groups is 1. The normalized spacial score (nSPS) is 21.1. The third-order valence-electron chi connectivity index (χ3n) is 5.71. The van der Waals surface area contributed by atoms with Gasteiger partial charge in [-0.15, -0.1) is 0 Å². The van der Waals surface area contributed by atoms with Gasteiger partial charge in [-0.1, -0.05) is 42.3 Å². The molecule has 0 saturated carbocycles. The number of benzene rings is 3. The molecule has 4 rings (SSSR count). The third-order valence-corrected chi connectivity index (χ3v) is 6.21. The van der Waals surface area contributed by atoms with E-state index in [1.54, 1.807) is 43.3 Å². The molecular formula is C24H19Cl2F3N2O2. The van der Waals surface area contributed by atoms with Crippen LogP contribution in [0, 0.1) is 0 Å². The molecule has 3 aromatic carbocycles. The molecule has 172 valence electrons. The fraction of sp³-hybridized carbons (Fsp3) is 0.208. The molecule has 2 atom stereocenters. The molecule has 0 aliphatic carbocycles. The molecule has 33 heavy (non-hydrogen) atoms. The molecule has 2 amide bonds. The molecule has 0 bridgehead atoms. The Morgan fingerprint density at radius 3 is 2.00 bits per heavy atom. The maximum Gasteiger partial charge on any atom is 0.416 e. The van der Waals surface area contributed by atoms with Crippen molar-refractivity contribution in [3.8, 4) is 0 Å². The first-order chi connectivity index (χ1) is 15.6. The minimum atomic E-state index is -4.61. The van der Waals surface area contributed by atoms with Gasteiger partial charge in [0.2, 0.25) is 0 Å². The largest absolute Gasteiger partial charge is 0.416 e. The highest BCUT2D eigenvalue weighted by atomic mass is 35.5. The molecule has 1 saturated heterocycles. The van der Waals surface area contributed by atoms with Gasteiger partial charge in [-0.25, -0.2) is 4.79 Å². The summed E-state index contributed by atoms with van der Waals surface area (Å²) in [5.41, 5.74) is -2.32. The molecule has 1 N–H and O–H groups in total. The minimum Gasteiger partial charge on any atom is -0.365 e. The molecule has 4 nitrogen and oxygen atoms in total. The smallest absolute Gasteiger partial charge is 0.365 e. The van der Waals surface area contributed by atoms with Crippen molar-refractivity contribution in [2.75, 3.05) is 9.80 Å². The maximum atomic E-state index is 13.7. The minimum absolute atomic E-state index is 0.0519. The predicted octanol–water partition coefficient (Wildman–Crippen LogP) is 7.08. The van der Waals surface area contributed by atoms with E-state index in [1.165, 1.54) is 29.2 Å². The van der Waals surface area contributed by atoms with Crippen LogP contribution in [-0.4, -0.2) is 17.2 Å². The second-order valence-corrected chi connectivity index (χ2v) is 8.54. The van der Waals surface area contributed by atoms with Gasteiger partial charge in [-0.2, -0.15) is 13.2 Å². The van der Waals surface area contributed by atoms with Crippen LogP contribution in [0.4, 0.5) is 29.3 Å². The van der Waals surface area contributed by atoms with Crippen LogP contribution in [0.1, 0.15) is 24.5 Å². The zero-order chi connectivity index (χ0) is 24.0. The Balaban J connectivity index is 1.95. The average molecular weight is 495 g/mol. The highest BCUT2D eigenvalue weighted by molar-refractivity contribution is 6.31. The zero-order valence-corrected chi connectivity index (χ0v) is 18.9. The number of anilines is 2. The van der Waals surface area contributed by atoms with E-state index < -0.39 is 29.5 Å². The molecule has 1 fully saturated rings. The van der Waals surface area contributed by atoms with Crippen molar-refractivity contribution < 1.29 is 23.1 Å². The molecule has 0 aromatic heterocycles. The lowest BCUT2D eigenvalue weighted by atomic mass is 9.90. The number of hydrogen-bond donors (Lipinski definition) is 1. The van der Waals surface area contributed by atoms with E-state index in [0.717, 1.165) is 17.0 Å². The van der Waals surface area contributed by atoms with Gasteiger partial charge >= 0.3 is 12.2 Å².